The fourth-order valence-corrected chi connectivity index (χ4v) is 3.75. The van der Waals surface area contributed by atoms with Crippen molar-refractivity contribution in [1.29, 1.82) is 0 Å². The Morgan fingerprint density at radius 2 is 1.80 bits per heavy atom. The van der Waals surface area contributed by atoms with Crippen molar-refractivity contribution in [2.75, 3.05) is 25.3 Å². The molecular formula is C22H20N4O3S. The molecule has 4 aromatic rings. The molecule has 0 unspecified atom stereocenters. The highest BCUT2D eigenvalue weighted by atomic mass is 32.2. The maximum atomic E-state index is 12.5. The van der Waals surface area contributed by atoms with Crippen LogP contribution in [0, 0.1) is 0 Å². The monoisotopic (exact) mass is 420 g/mol. The number of fused-ring (bicyclic) bond motifs is 1. The maximum Gasteiger partial charge on any atom is 0.234 e. The normalized spacial score (nSPS) is 10.7. The number of nitrogens with one attached hydrogen (secondary N) is 1. The largest absolute Gasteiger partial charge is 0.497 e. The summed E-state index contributed by atoms with van der Waals surface area (Å²) in [6.07, 6.45) is 3.48. The summed E-state index contributed by atoms with van der Waals surface area (Å²) in [7, 11) is 3.13. The zero-order valence-corrected chi connectivity index (χ0v) is 17.3. The average Bonchev–Trinajstić information content (AvgIpc) is 3.23. The Kier molecular flexibility index (Phi) is 5.85. The molecule has 0 fully saturated rings. The molecule has 8 heteroatoms. The number of ether oxygens (including phenoxy) is 2. The van der Waals surface area contributed by atoms with Crippen molar-refractivity contribution in [1.82, 2.24) is 14.6 Å². The van der Waals surface area contributed by atoms with Gasteiger partial charge in [-0.25, -0.2) is 9.50 Å². The van der Waals surface area contributed by atoms with Crippen LogP contribution in [0.25, 0.3) is 16.8 Å². The summed E-state index contributed by atoms with van der Waals surface area (Å²) in [5, 5.41) is 8.22. The summed E-state index contributed by atoms with van der Waals surface area (Å²) in [5.41, 5.74) is 3.36. The molecule has 2 aromatic heterocycles. The highest BCUT2D eigenvalue weighted by Crippen LogP contribution is 2.28. The van der Waals surface area contributed by atoms with E-state index in [1.807, 2.05) is 36.4 Å². The zero-order valence-electron chi connectivity index (χ0n) is 16.5. The van der Waals surface area contributed by atoms with E-state index in [2.05, 4.69) is 15.4 Å². The lowest BCUT2D eigenvalue weighted by molar-refractivity contribution is -0.113. The van der Waals surface area contributed by atoms with Gasteiger partial charge in [0.25, 0.3) is 0 Å². The number of carbonyl (C=O) groups is 1. The fraction of sp³-hybridized carbons (Fsp3) is 0.136. The van der Waals surface area contributed by atoms with Crippen molar-refractivity contribution < 1.29 is 14.3 Å². The number of hydrogen-bond donors (Lipinski definition) is 1. The topological polar surface area (TPSA) is 77.8 Å². The Labute approximate surface area is 178 Å². The van der Waals surface area contributed by atoms with Crippen LogP contribution < -0.4 is 14.8 Å². The Morgan fingerprint density at radius 1 is 1.07 bits per heavy atom. The summed E-state index contributed by atoms with van der Waals surface area (Å²) in [5.74, 6) is 1.27. The molecule has 0 aliphatic carbocycles. The summed E-state index contributed by atoms with van der Waals surface area (Å²) < 4.78 is 12.3. The van der Waals surface area contributed by atoms with Crippen LogP contribution in [-0.4, -0.2) is 40.5 Å². The number of thioether (sulfide) groups is 1. The number of amides is 1. The van der Waals surface area contributed by atoms with Crippen molar-refractivity contribution in [3.05, 3.63) is 67.0 Å². The van der Waals surface area contributed by atoms with E-state index in [9.17, 15) is 4.79 Å². The molecule has 0 atom stereocenters. The lowest BCUT2D eigenvalue weighted by Crippen LogP contribution is -2.14. The summed E-state index contributed by atoms with van der Waals surface area (Å²) in [4.78, 5) is 16.9. The second-order valence-electron chi connectivity index (χ2n) is 6.40. The van der Waals surface area contributed by atoms with E-state index in [0.29, 0.717) is 17.2 Å². The molecule has 0 bridgehead atoms. The van der Waals surface area contributed by atoms with E-state index in [4.69, 9.17) is 9.47 Å². The third-order valence-corrected chi connectivity index (χ3v) is 5.39. The Morgan fingerprint density at radius 3 is 2.50 bits per heavy atom. The van der Waals surface area contributed by atoms with Gasteiger partial charge >= 0.3 is 0 Å². The van der Waals surface area contributed by atoms with Gasteiger partial charge in [0.2, 0.25) is 5.91 Å². The third kappa shape index (κ3) is 4.38. The molecular weight excluding hydrogens is 400 g/mol. The average molecular weight is 420 g/mol. The van der Waals surface area contributed by atoms with E-state index in [1.165, 1.54) is 11.8 Å². The highest BCUT2D eigenvalue weighted by Gasteiger charge is 2.12. The number of benzene rings is 2. The van der Waals surface area contributed by atoms with Crippen LogP contribution in [0.5, 0.6) is 11.5 Å². The maximum absolute atomic E-state index is 12.5. The minimum atomic E-state index is -0.151. The van der Waals surface area contributed by atoms with Crippen LogP contribution in [0.15, 0.2) is 72.0 Å². The minimum absolute atomic E-state index is 0.151. The number of hydrogen-bond acceptors (Lipinski definition) is 6. The van der Waals surface area contributed by atoms with Gasteiger partial charge in [0.05, 0.1) is 31.2 Å². The van der Waals surface area contributed by atoms with Crippen molar-refractivity contribution in [2.24, 2.45) is 0 Å². The molecule has 0 saturated carbocycles. The first-order valence-corrected chi connectivity index (χ1v) is 10.2. The minimum Gasteiger partial charge on any atom is -0.497 e. The van der Waals surface area contributed by atoms with Crippen LogP contribution in [0.1, 0.15) is 0 Å². The van der Waals surface area contributed by atoms with Crippen LogP contribution >= 0.6 is 11.8 Å². The van der Waals surface area contributed by atoms with Crippen molar-refractivity contribution in [3.8, 4) is 22.8 Å². The van der Waals surface area contributed by atoms with Gasteiger partial charge in [-0.1, -0.05) is 42.1 Å². The van der Waals surface area contributed by atoms with Gasteiger partial charge in [0.15, 0.2) is 0 Å². The summed E-state index contributed by atoms with van der Waals surface area (Å²) in [6, 6.07) is 17.2. The lowest BCUT2D eigenvalue weighted by atomic mass is 10.1. The zero-order chi connectivity index (χ0) is 20.9. The standard InChI is InChI=1S/C22H20N4O3S/c1-28-17-10-16(11-18(12-17)29-2)24-21(27)14-30-22-20-13-19(15-6-4-3-5-7-15)25-26(20)9-8-23-22/h3-13H,14H2,1-2H3,(H,24,27). The van der Waals surface area contributed by atoms with Gasteiger partial charge in [-0.05, 0) is 6.07 Å². The number of aromatic nitrogens is 3. The SMILES string of the molecule is COc1cc(NC(=O)CSc2nccn3nc(-c4ccccc4)cc23)cc(OC)c1. The molecule has 4 rings (SSSR count). The number of rotatable bonds is 7. The third-order valence-electron chi connectivity index (χ3n) is 4.40. The van der Waals surface area contributed by atoms with Gasteiger partial charge in [0.1, 0.15) is 16.5 Å². The van der Waals surface area contributed by atoms with Gasteiger partial charge in [-0.2, -0.15) is 5.10 Å². The van der Waals surface area contributed by atoms with Crippen LogP contribution in [0.3, 0.4) is 0 Å². The van der Waals surface area contributed by atoms with E-state index < -0.39 is 0 Å². The van der Waals surface area contributed by atoms with Gasteiger partial charge in [-0.15, -0.1) is 0 Å². The first-order chi connectivity index (χ1) is 14.7. The summed E-state index contributed by atoms with van der Waals surface area (Å²) >= 11 is 1.36. The molecule has 2 heterocycles. The Bertz CT molecular complexity index is 1160. The number of anilines is 1. The molecule has 0 radical (unpaired) electrons. The molecule has 2 aromatic carbocycles. The molecule has 7 nitrogen and oxygen atoms in total. The number of carbonyl (C=O) groups excluding carboxylic acids is 1. The smallest absolute Gasteiger partial charge is 0.234 e. The lowest BCUT2D eigenvalue weighted by Gasteiger charge is -2.10. The van der Waals surface area contributed by atoms with Crippen LogP contribution in [0.2, 0.25) is 0 Å². The fourth-order valence-electron chi connectivity index (χ4n) is 2.97. The second kappa shape index (κ2) is 8.87. The van der Waals surface area contributed by atoms with Crippen molar-refractivity contribution in [2.45, 2.75) is 5.03 Å². The predicted octanol–water partition coefficient (Wildman–Crippen LogP) is 4.14. The van der Waals surface area contributed by atoms with E-state index >= 15 is 0 Å². The molecule has 0 aliphatic heterocycles. The van der Waals surface area contributed by atoms with Gasteiger partial charge in [-0.3, -0.25) is 4.79 Å². The molecule has 0 aliphatic rings. The molecule has 1 amide bonds. The van der Waals surface area contributed by atoms with Crippen LogP contribution in [-0.2, 0) is 4.79 Å². The number of methoxy groups -OCH3 is 2. The quantitative estimate of drug-likeness (QED) is 0.453. The first-order valence-electron chi connectivity index (χ1n) is 9.22. The second-order valence-corrected chi connectivity index (χ2v) is 7.36. The Hall–Kier alpha value is -3.52. The van der Waals surface area contributed by atoms with Gasteiger partial charge < -0.3 is 14.8 Å². The van der Waals surface area contributed by atoms with E-state index in [-0.39, 0.29) is 11.7 Å². The van der Waals surface area contributed by atoms with E-state index in [0.717, 1.165) is 21.8 Å². The van der Waals surface area contributed by atoms with Crippen molar-refractivity contribution >= 4 is 28.9 Å². The molecule has 152 valence electrons. The molecule has 1 N–H and O–H groups in total. The van der Waals surface area contributed by atoms with Crippen LogP contribution in [0.4, 0.5) is 5.69 Å². The Balaban J connectivity index is 1.48. The molecule has 0 spiro atoms. The van der Waals surface area contributed by atoms with Crippen molar-refractivity contribution in [3.63, 3.8) is 0 Å². The molecule has 0 saturated heterocycles. The highest BCUT2D eigenvalue weighted by molar-refractivity contribution is 8.00. The van der Waals surface area contributed by atoms with Gasteiger partial charge in [0, 0.05) is 41.8 Å². The number of nitrogens with zero attached hydrogens (tertiary/aromatic N) is 3. The summed E-state index contributed by atoms with van der Waals surface area (Å²) in [6.45, 7) is 0. The van der Waals surface area contributed by atoms with E-state index in [1.54, 1.807) is 49.3 Å². The predicted molar refractivity (Wildman–Crippen MR) is 117 cm³/mol. The first kappa shape index (κ1) is 19.8. The molecule has 30 heavy (non-hydrogen) atoms.